The molecule has 4 heterocycles. The summed E-state index contributed by atoms with van der Waals surface area (Å²) < 4.78 is 9.38. The van der Waals surface area contributed by atoms with Crippen molar-refractivity contribution in [2.24, 2.45) is 7.05 Å². The van der Waals surface area contributed by atoms with Gasteiger partial charge in [-0.2, -0.15) is 0 Å². The molecule has 0 aliphatic carbocycles. The van der Waals surface area contributed by atoms with Gasteiger partial charge in [-0.15, -0.1) is 0 Å². The highest BCUT2D eigenvalue weighted by Gasteiger charge is 2.28. The SMILES string of the molecule is Cn1cccc1C(=O)N1CCc2onc(Cn3cccc3)c2C1. The molecule has 23 heavy (non-hydrogen) atoms. The molecule has 0 bridgehead atoms. The van der Waals surface area contributed by atoms with Crippen LogP contribution in [0.5, 0.6) is 0 Å². The van der Waals surface area contributed by atoms with Gasteiger partial charge in [-0.3, -0.25) is 4.79 Å². The molecular weight excluding hydrogens is 292 g/mol. The molecule has 0 spiro atoms. The summed E-state index contributed by atoms with van der Waals surface area (Å²) in [5, 5.41) is 4.21. The Morgan fingerprint density at radius 3 is 2.83 bits per heavy atom. The van der Waals surface area contributed by atoms with Crippen molar-refractivity contribution in [3.8, 4) is 0 Å². The van der Waals surface area contributed by atoms with E-state index in [0.717, 1.165) is 17.0 Å². The smallest absolute Gasteiger partial charge is 0.270 e. The molecule has 118 valence electrons. The molecule has 1 amide bonds. The summed E-state index contributed by atoms with van der Waals surface area (Å²) in [4.78, 5) is 14.6. The number of nitrogens with zero attached hydrogens (tertiary/aromatic N) is 4. The van der Waals surface area contributed by atoms with Crippen molar-refractivity contribution in [2.45, 2.75) is 19.5 Å². The minimum Gasteiger partial charge on any atom is -0.361 e. The standard InChI is InChI=1S/C17H18N4O2/c1-19-7-4-5-15(19)17(22)21-10-6-16-13(11-21)14(18-23-16)12-20-8-2-3-9-20/h2-5,7-9H,6,10-12H2,1H3. The Bertz CT molecular complexity index is 829. The van der Waals surface area contributed by atoms with Gasteiger partial charge in [0.2, 0.25) is 0 Å². The number of hydrogen-bond donors (Lipinski definition) is 0. The lowest BCUT2D eigenvalue weighted by Crippen LogP contribution is -2.36. The van der Waals surface area contributed by atoms with Crippen LogP contribution in [0.1, 0.15) is 27.5 Å². The van der Waals surface area contributed by atoms with E-state index in [2.05, 4.69) is 9.72 Å². The van der Waals surface area contributed by atoms with Crippen LogP contribution >= 0.6 is 0 Å². The second-order valence-corrected chi connectivity index (χ2v) is 5.87. The number of aryl methyl sites for hydroxylation is 1. The minimum absolute atomic E-state index is 0.0521. The van der Waals surface area contributed by atoms with Crippen molar-refractivity contribution in [1.29, 1.82) is 0 Å². The fourth-order valence-electron chi connectivity index (χ4n) is 3.06. The van der Waals surface area contributed by atoms with Gasteiger partial charge >= 0.3 is 0 Å². The second-order valence-electron chi connectivity index (χ2n) is 5.87. The zero-order valence-corrected chi connectivity index (χ0v) is 13.0. The van der Waals surface area contributed by atoms with Gasteiger partial charge in [0, 0.05) is 44.2 Å². The maximum absolute atomic E-state index is 12.7. The third-order valence-electron chi connectivity index (χ3n) is 4.36. The average molecular weight is 310 g/mol. The number of fused-ring (bicyclic) bond motifs is 1. The highest BCUT2D eigenvalue weighted by Crippen LogP contribution is 2.24. The van der Waals surface area contributed by atoms with Crippen molar-refractivity contribution in [3.63, 3.8) is 0 Å². The molecule has 0 radical (unpaired) electrons. The first-order chi connectivity index (χ1) is 11.2. The number of amides is 1. The van der Waals surface area contributed by atoms with E-state index in [1.54, 1.807) is 0 Å². The Kier molecular flexibility index (Phi) is 3.29. The minimum atomic E-state index is 0.0521. The highest BCUT2D eigenvalue weighted by molar-refractivity contribution is 5.92. The number of aromatic nitrogens is 3. The van der Waals surface area contributed by atoms with E-state index >= 15 is 0 Å². The number of carbonyl (C=O) groups is 1. The predicted molar refractivity (Wildman–Crippen MR) is 83.9 cm³/mol. The Morgan fingerprint density at radius 2 is 2.09 bits per heavy atom. The maximum atomic E-state index is 12.7. The van der Waals surface area contributed by atoms with Crippen LogP contribution in [0.25, 0.3) is 0 Å². The zero-order chi connectivity index (χ0) is 15.8. The molecule has 0 unspecified atom stereocenters. The largest absolute Gasteiger partial charge is 0.361 e. The third-order valence-corrected chi connectivity index (χ3v) is 4.36. The van der Waals surface area contributed by atoms with E-state index in [1.165, 1.54) is 0 Å². The number of carbonyl (C=O) groups excluding carboxylic acids is 1. The summed E-state index contributed by atoms with van der Waals surface area (Å²) in [6, 6.07) is 7.71. The first-order valence-corrected chi connectivity index (χ1v) is 7.70. The molecule has 1 aliphatic heterocycles. The topological polar surface area (TPSA) is 56.2 Å². The van der Waals surface area contributed by atoms with Crippen LogP contribution in [0.15, 0.2) is 47.4 Å². The molecule has 6 nitrogen and oxygen atoms in total. The molecule has 0 fully saturated rings. The molecule has 0 N–H and O–H groups in total. The lowest BCUT2D eigenvalue weighted by atomic mass is 10.1. The fourth-order valence-corrected chi connectivity index (χ4v) is 3.06. The van der Waals surface area contributed by atoms with Crippen molar-refractivity contribution in [3.05, 3.63) is 65.6 Å². The van der Waals surface area contributed by atoms with E-state index in [0.29, 0.717) is 31.7 Å². The van der Waals surface area contributed by atoms with Gasteiger partial charge in [-0.1, -0.05) is 5.16 Å². The van der Waals surface area contributed by atoms with E-state index in [9.17, 15) is 4.79 Å². The van der Waals surface area contributed by atoms with Gasteiger partial charge in [0.25, 0.3) is 5.91 Å². The molecule has 0 saturated heterocycles. The molecule has 0 atom stereocenters. The summed E-state index contributed by atoms with van der Waals surface area (Å²) >= 11 is 0. The lowest BCUT2D eigenvalue weighted by Gasteiger charge is -2.26. The monoisotopic (exact) mass is 310 g/mol. The van der Waals surface area contributed by atoms with E-state index in [1.807, 2.05) is 59.4 Å². The molecule has 6 heteroatoms. The first kappa shape index (κ1) is 13.9. The number of rotatable bonds is 3. The van der Waals surface area contributed by atoms with Crippen molar-refractivity contribution in [2.75, 3.05) is 6.54 Å². The zero-order valence-electron chi connectivity index (χ0n) is 13.0. The van der Waals surface area contributed by atoms with Gasteiger partial charge in [-0.05, 0) is 24.3 Å². The average Bonchev–Trinajstić information content (AvgIpc) is 3.29. The summed E-state index contributed by atoms with van der Waals surface area (Å²) in [7, 11) is 1.89. The van der Waals surface area contributed by atoms with Gasteiger partial charge in [-0.25, -0.2) is 0 Å². The van der Waals surface area contributed by atoms with E-state index in [-0.39, 0.29) is 5.91 Å². The van der Waals surface area contributed by atoms with Crippen LogP contribution < -0.4 is 0 Å². The molecule has 0 aromatic carbocycles. The van der Waals surface area contributed by atoms with Crippen LogP contribution in [0.2, 0.25) is 0 Å². The fraction of sp³-hybridized carbons (Fsp3) is 0.294. The van der Waals surface area contributed by atoms with Crippen LogP contribution in [-0.2, 0) is 26.6 Å². The lowest BCUT2D eigenvalue weighted by molar-refractivity contribution is 0.0719. The maximum Gasteiger partial charge on any atom is 0.270 e. The quantitative estimate of drug-likeness (QED) is 0.744. The van der Waals surface area contributed by atoms with Crippen molar-refractivity contribution >= 4 is 5.91 Å². The molecule has 3 aromatic heterocycles. The summed E-state index contributed by atoms with van der Waals surface area (Å²) in [6.45, 7) is 1.88. The van der Waals surface area contributed by atoms with Crippen LogP contribution in [0.3, 0.4) is 0 Å². The Hall–Kier alpha value is -2.76. The van der Waals surface area contributed by atoms with Gasteiger partial charge < -0.3 is 18.6 Å². The summed E-state index contributed by atoms with van der Waals surface area (Å²) in [6.07, 6.45) is 6.59. The summed E-state index contributed by atoms with van der Waals surface area (Å²) in [5.74, 6) is 0.958. The third kappa shape index (κ3) is 2.46. The summed E-state index contributed by atoms with van der Waals surface area (Å²) in [5.41, 5.74) is 2.66. The molecular formula is C17H18N4O2. The Morgan fingerprint density at radius 1 is 1.26 bits per heavy atom. The van der Waals surface area contributed by atoms with Gasteiger partial charge in [0.05, 0.1) is 13.1 Å². The highest BCUT2D eigenvalue weighted by atomic mass is 16.5. The van der Waals surface area contributed by atoms with E-state index < -0.39 is 0 Å². The normalized spacial score (nSPS) is 14.0. The second kappa shape index (κ2) is 5.46. The molecule has 3 aromatic rings. The number of hydrogen-bond acceptors (Lipinski definition) is 3. The Labute approximate surface area is 133 Å². The molecule has 1 aliphatic rings. The molecule has 0 saturated carbocycles. The van der Waals surface area contributed by atoms with Gasteiger partial charge in [0.1, 0.15) is 17.1 Å². The van der Waals surface area contributed by atoms with Crippen LogP contribution in [0, 0.1) is 0 Å². The van der Waals surface area contributed by atoms with Crippen LogP contribution in [-0.4, -0.2) is 31.6 Å². The Balaban J connectivity index is 1.58. The van der Waals surface area contributed by atoms with Crippen LogP contribution in [0.4, 0.5) is 0 Å². The first-order valence-electron chi connectivity index (χ1n) is 7.70. The van der Waals surface area contributed by atoms with Crippen molar-refractivity contribution in [1.82, 2.24) is 19.2 Å². The van der Waals surface area contributed by atoms with Crippen molar-refractivity contribution < 1.29 is 9.32 Å². The van der Waals surface area contributed by atoms with Gasteiger partial charge in [0.15, 0.2) is 0 Å². The predicted octanol–water partition coefficient (Wildman–Crippen LogP) is 2.06. The van der Waals surface area contributed by atoms with E-state index in [4.69, 9.17) is 4.52 Å². The molecule has 4 rings (SSSR count).